The second-order valence-electron chi connectivity index (χ2n) is 5.41. The Labute approximate surface area is 141 Å². The first kappa shape index (κ1) is 16.8. The molecular weight excluding hydrogens is 334 g/mol. The summed E-state index contributed by atoms with van der Waals surface area (Å²) in [6, 6.07) is 8.36. The Balaban J connectivity index is 1.72. The van der Waals surface area contributed by atoms with Crippen molar-refractivity contribution in [3.8, 4) is 11.5 Å². The number of alkyl halides is 2. The van der Waals surface area contributed by atoms with Crippen LogP contribution in [0.25, 0.3) is 0 Å². The fraction of sp³-hybridized carbons (Fsp3) is 0.235. The smallest absolute Gasteiger partial charge is 0.387 e. The molecule has 1 N–H and O–H groups in total. The number of carbonyl (C=O) groups is 2. The highest BCUT2D eigenvalue weighted by molar-refractivity contribution is 5.96. The quantitative estimate of drug-likeness (QED) is 0.640. The summed E-state index contributed by atoms with van der Waals surface area (Å²) in [6.45, 7) is -3.04. The monoisotopic (exact) mass is 348 g/mol. The van der Waals surface area contributed by atoms with Crippen molar-refractivity contribution in [2.24, 2.45) is 5.92 Å². The zero-order valence-corrected chi connectivity index (χ0v) is 12.9. The fourth-order valence-corrected chi connectivity index (χ4v) is 2.09. The number of esters is 1. The van der Waals surface area contributed by atoms with Crippen molar-refractivity contribution in [1.29, 1.82) is 0 Å². The number of rotatable bonds is 6. The number of anilines is 1. The number of para-hydroxylation sites is 2. The first-order valence-corrected chi connectivity index (χ1v) is 7.56. The Morgan fingerprint density at radius 1 is 1.16 bits per heavy atom. The van der Waals surface area contributed by atoms with Gasteiger partial charge in [-0.1, -0.05) is 12.1 Å². The minimum absolute atomic E-state index is 0.00391. The van der Waals surface area contributed by atoms with E-state index in [4.69, 9.17) is 4.74 Å². The van der Waals surface area contributed by atoms with Gasteiger partial charge in [0.25, 0.3) is 0 Å². The van der Waals surface area contributed by atoms with Crippen molar-refractivity contribution < 1.29 is 27.8 Å². The van der Waals surface area contributed by atoms with Crippen LogP contribution in [0, 0.1) is 5.92 Å². The lowest BCUT2D eigenvalue weighted by Gasteiger charge is -2.11. The average molecular weight is 348 g/mol. The number of amides is 1. The lowest BCUT2D eigenvalue weighted by molar-refractivity contribution is -0.117. The topological polar surface area (TPSA) is 77.5 Å². The van der Waals surface area contributed by atoms with Gasteiger partial charge in [-0.25, -0.2) is 9.78 Å². The molecule has 8 heteroatoms. The molecule has 0 saturated heterocycles. The van der Waals surface area contributed by atoms with Gasteiger partial charge in [-0.2, -0.15) is 8.78 Å². The molecule has 0 aliphatic heterocycles. The van der Waals surface area contributed by atoms with Gasteiger partial charge in [0.15, 0.2) is 11.5 Å². The predicted octanol–water partition coefficient (Wildman–Crippen LogP) is 3.25. The SMILES string of the molecule is O=C(Oc1ccccc1OC(F)F)c1ccnc(NC(=O)C2CC2)c1. The van der Waals surface area contributed by atoms with Gasteiger partial charge in [0, 0.05) is 12.1 Å². The summed E-state index contributed by atoms with van der Waals surface area (Å²) < 4.78 is 34.2. The van der Waals surface area contributed by atoms with Crippen molar-refractivity contribution in [2.75, 3.05) is 5.32 Å². The highest BCUT2D eigenvalue weighted by Crippen LogP contribution is 2.30. The van der Waals surface area contributed by atoms with Gasteiger partial charge >= 0.3 is 12.6 Å². The molecule has 0 unspecified atom stereocenters. The van der Waals surface area contributed by atoms with E-state index in [0.29, 0.717) is 0 Å². The summed E-state index contributed by atoms with van der Waals surface area (Å²) in [5, 5.41) is 2.62. The number of ether oxygens (including phenoxy) is 2. The Morgan fingerprint density at radius 2 is 1.88 bits per heavy atom. The molecule has 6 nitrogen and oxygen atoms in total. The first-order valence-electron chi connectivity index (χ1n) is 7.56. The zero-order valence-electron chi connectivity index (χ0n) is 12.9. The van der Waals surface area contributed by atoms with Crippen molar-refractivity contribution in [3.05, 3.63) is 48.2 Å². The Bertz CT molecular complexity index is 794. The number of nitrogens with zero attached hydrogens (tertiary/aromatic N) is 1. The van der Waals surface area contributed by atoms with E-state index >= 15 is 0 Å². The van der Waals surface area contributed by atoms with Crippen molar-refractivity contribution in [1.82, 2.24) is 4.98 Å². The summed E-state index contributed by atoms with van der Waals surface area (Å²) in [4.78, 5) is 27.9. The van der Waals surface area contributed by atoms with E-state index in [1.807, 2.05) is 0 Å². The molecule has 1 saturated carbocycles. The van der Waals surface area contributed by atoms with Gasteiger partial charge in [-0.15, -0.1) is 0 Å². The van der Waals surface area contributed by atoms with Crippen molar-refractivity contribution in [2.45, 2.75) is 19.5 Å². The van der Waals surface area contributed by atoms with Crippen LogP contribution in [0.3, 0.4) is 0 Å². The first-order chi connectivity index (χ1) is 12.0. The van der Waals surface area contributed by atoms with E-state index in [9.17, 15) is 18.4 Å². The summed E-state index contributed by atoms with van der Waals surface area (Å²) in [5.41, 5.74) is 0.118. The number of carbonyl (C=O) groups excluding carboxylic acids is 2. The van der Waals surface area contributed by atoms with E-state index in [1.54, 1.807) is 0 Å². The van der Waals surface area contributed by atoms with E-state index < -0.39 is 12.6 Å². The highest BCUT2D eigenvalue weighted by atomic mass is 19.3. The molecule has 0 atom stereocenters. The van der Waals surface area contributed by atoms with Gasteiger partial charge < -0.3 is 14.8 Å². The number of halogens is 2. The second kappa shape index (κ2) is 7.25. The zero-order chi connectivity index (χ0) is 17.8. The number of aromatic nitrogens is 1. The fourth-order valence-electron chi connectivity index (χ4n) is 2.09. The van der Waals surface area contributed by atoms with Crippen LogP contribution < -0.4 is 14.8 Å². The lowest BCUT2D eigenvalue weighted by atomic mass is 10.2. The van der Waals surface area contributed by atoms with Gasteiger partial charge in [0.05, 0.1) is 5.56 Å². The largest absolute Gasteiger partial charge is 0.431 e. The summed E-state index contributed by atoms with van der Waals surface area (Å²) in [7, 11) is 0. The van der Waals surface area contributed by atoms with Gasteiger partial charge in [-0.05, 0) is 37.1 Å². The Morgan fingerprint density at radius 3 is 2.56 bits per heavy atom. The molecule has 1 amide bonds. The molecular formula is C17H14F2N2O4. The Kier molecular flexibility index (Phi) is 4.87. The van der Waals surface area contributed by atoms with E-state index in [2.05, 4.69) is 15.0 Å². The van der Waals surface area contributed by atoms with Gasteiger partial charge in [0.1, 0.15) is 5.82 Å². The number of hydrogen-bond donors (Lipinski definition) is 1. The van der Waals surface area contributed by atoms with E-state index in [1.165, 1.54) is 42.6 Å². The van der Waals surface area contributed by atoms with Crippen LogP contribution >= 0.6 is 0 Å². The van der Waals surface area contributed by atoms with E-state index in [-0.39, 0.29) is 34.7 Å². The molecule has 1 fully saturated rings. The summed E-state index contributed by atoms with van der Waals surface area (Å²) >= 11 is 0. The predicted molar refractivity (Wildman–Crippen MR) is 83.6 cm³/mol. The molecule has 1 aliphatic rings. The molecule has 25 heavy (non-hydrogen) atoms. The molecule has 3 rings (SSSR count). The molecule has 1 heterocycles. The second-order valence-corrected chi connectivity index (χ2v) is 5.41. The molecule has 0 radical (unpaired) electrons. The minimum atomic E-state index is -3.04. The number of nitrogens with one attached hydrogen (secondary N) is 1. The maximum absolute atomic E-state index is 12.4. The average Bonchev–Trinajstić information content (AvgIpc) is 3.41. The summed E-state index contributed by atoms with van der Waals surface area (Å²) in [6.07, 6.45) is 3.03. The third kappa shape index (κ3) is 4.50. The molecule has 1 aromatic heterocycles. The van der Waals surface area contributed by atoms with Crippen LogP contribution in [-0.2, 0) is 4.79 Å². The summed E-state index contributed by atoms with van der Waals surface area (Å²) in [5.74, 6) is -1.09. The van der Waals surface area contributed by atoms with Crippen molar-refractivity contribution in [3.63, 3.8) is 0 Å². The molecule has 1 aliphatic carbocycles. The maximum Gasteiger partial charge on any atom is 0.387 e. The molecule has 0 spiro atoms. The highest BCUT2D eigenvalue weighted by Gasteiger charge is 2.29. The standard InChI is InChI=1S/C17H14F2N2O4/c18-17(19)25-13-4-2-1-3-12(13)24-16(23)11-7-8-20-14(9-11)21-15(22)10-5-6-10/h1-4,7-10,17H,5-6H2,(H,20,21,22). The number of benzene rings is 1. The number of pyridine rings is 1. The van der Waals surface area contributed by atoms with Crippen LogP contribution in [-0.4, -0.2) is 23.5 Å². The van der Waals surface area contributed by atoms with Gasteiger partial charge in [0.2, 0.25) is 5.91 Å². The van der Waals surface area contributed by atoms with Crippen LogP contribution in [0.1, 0.15) is 23.2 Å². The molecule has 0 bridgehead atoms. The van der Waals surface area contributed by atoms with Crippen molar-refractivity contribution >= 4 is 17.7 Å². The van der Waals surface area contributed by atoms with Crippen LogP contribution in [0.4, 0.5) is 14.6 Å². The molecule has 2 aromatic rings. The number of hydrogen-bond acceptors (Lipinski definition) is 5. The van der Waals surface area contributed by atoms with E-state index in [0.717, 1.165) is 12.8 Å². The minimum Gasteiger partial charge on any atom is -0.431 e. The maximum atomic E-state index is 12.4. The van der Waals surface area contributed by atoms with Crippen LogP contribution in [0.5, 0.6) is 11.5 Å². The third-order valence-corrected chi connectivity index (χ3v) is 3.46. The van der Waals surface area contributed by atoms with Crippen LogP contribution in [0.2, 0.25) is 0 Å². The third-order valence-electron chi connectivity index (χ3n) is 3.46. The van der Waals surface area contributed by atoms with Gasteiger partial charge in [-0.3, -0.25) is 4.79 Å². The van der Waals surface area contributed by atoms with Crippen LogP contribution in [0.15, 0.2) is 42.6 Å². The Hall–Kier alpha value is -3.03. The normalized spacial score (nSPS) is 13.4. The molecule has 130 valence electrons. The molecule has 1 aromatic carbocycles. The lowest BCUT2D eigenvalue weighted by Crippen LogP contribution is -2.16.